The molecule has 5 nitrogen and oxygen atoms in total. The molecule has 3 rings (SSSR count). The van der Waals surface area contributed by atoms with Gasteiger partial charge in [-0.25, -0.2) is 4.99 Å². The summed E-state index contributed by atoms with van der Waals surface area (Å²) in [6.45, 7) is 6.77. The molecule has 27 heavy (non-hydrogen) atoms. The van der Waals surface area contributed by atoms with Crippen LogP contribution in [0.2, 0.25) is 0 Å². The highest BCUT2D eigenvalue weighted by molar-refractivity contribution is 6.06. The largest absolute Gasteiger partial charge is 0.490 e. The Kier molecular flexibility index (Phi) is 5.50. The summed E-state index contributed by atoms with van der Waals surface area (Å²) < 4.78 is 6.13. The molecule has 1 saturated carbocycles. The van der Waals surface area contributed by atoms with Gasteiger partial charge in [-0.3, -0.25) is 9.69 Å². The molecule has 1 heterocycles. The van der Waals surface area contributed by atoms with E-state index in [2.05, 4.69) is 37.9 Å². The van der Waals surface area contributed by atoms with Crippen molar-refractivity contribution in [3.8, 4) is 5.75 Å². The maximum absolute atomic E-state index is 13.0. The summed E-state index contributed by atoms with van der Waals surface area (Å²) in [6.07, 6.45) is 6.80. The summed E-state index contributed by atoms with van der Waals surface area (Å²) >= 11 is 0. The Morgan fingerprint density at radius 1 is 1.26 bits per heavy atom. The standard InChI is InChI=1S/C22H33N3O2/c1-21(2,3)17-11-8-12-18(13-17)27-15-22(14-16-9-6-5-7-10-16)19(26)25(4)20(23)24-22/h8,11-13,16H,5-7,9-10,14-15H2,1-4H3,(H2,23,24). The van der Waals surface area contributed by atoms with E-state index in [0.29, 0.717) is 11.9 Å². The number of nitrogens with zero attached hydrogens (tertiary/aromatic N) is 2. The van der Waals surface area contributed by atoms with Gasteiger partial charge < -0.3 is 10.5 Å². The average Bonchev–Trinajstić information content (AvgIpc) is 2.85. The van der Waals surface area contributed by atoms with Gasteiger partial charge in [0.2, 0.25) is 0 Å². The van der Waals surface area contributed by atoms with Crippen molar-refractivity contribution in [3.63, 3.8) is 0 Å². The van der Waals surface area contributed by atoms with Gasteiger partial charge in [0, 0.05) is 7.05 Å². The van der Waals surface area contributed by atoms with Gasteiger partial charge in [0.25, 0.3) is 5.91 Å². The molecule has 0 aromatic heterocycles. The molecule has 1 fully saturated rings. The molecule has 0 radical (unpaired) electrons. The molecule has 1 aliphatic heterocycles. The molecular weight excluding hydrogens is 338 g/mol. The van der Waals surface area contributed by atoms with Crippen molar-refractivity contribution in [2.75, 3.05) is 13.7 Å². The van der Waals surface area contributed by atoms with Crippen LogP contribution in [0.1, 0.15) is 64.9 Å². The Morgan fingerprint density at radius 3 is 2.56 bits per heavy atom. The summed E-state index contributed by atoms with van der Waals surface area (Å²) in [6, 6.07) is 8.11. The lowest BCUT2D eigenvalue weighted by molar-refractivity contribution is -0.132. The van der Waals surface area contributed by atoms with Crippen molar-refractivity contribution in [1.82, 2.24) is 4.90 Å². The van der Waals surface area contributed by atoms with Gasteiger partial charge in [-0.15, -0.1) is 0 Å². The molecule has 1 atom stereocenters. The lowest BCUT2D eigenvalue weighted by Crippen LogP contribution is -2.47. The van der Waals surface area contributed by atoms with Crippen LogP contribution < -0.4 is 10.5 Å². The Bertz CT molecular complexity index is 717. The zero-order valence-electron chi connectivity index (χ0n) is 17.1. The minimum Gasteiger partial charge on any atom is -0.490 e. The number of ether oxygens (including phenoxy) is 1. The van der Waals surface area contributed by atoms with E-state index in [9.17, 15) is 4.79 Å². The van der Waals surface area contributed by atoms with Crippen molar-refractivity contribution in [1.29, 1.82) is 0 Å². The van der Waals surface area contributed by atoms with Gasteiger partial charge >= 0.3 is 0 Å². The van der Waals surface area contributed by atoms with E-state index in [1.165, 1.54) is 29.7 Å². The molecule has 0 saturated heterocycles. The highest BCUT2D eigenvalue weighted by Crippen LogP contribution is 2.36. The Balaban J connectivity index is 1.79. The first-order valence-electron chi connectivity index (χ1n) is 10.1. The van der Waals surface area contributed by atoms with Crippen molar-refractivity contribution in [3.05, 3.63) is 29.8 Å². The second kappa shape index (κ2) is 7.53. The first-order valence-corrected chi connectivity index (χ1v) is 10.1. The third kappa shape index (κ3) is 4.28. The average molecular weight is 372 g/mol. The fraction of sp³-hybridized carbons (Fsp3) is 0.636. The molecule has 2 aliphatic rings. The SMILES string of the molecule is CN1C(=O)C(COc2cccc(C(C)(C)C)c2)(CC2CCCCC2)N=C1N. The molecule has 1 unspecified atom stereocenters. The number of nitrogens with two attached hydrogens (primary N) is 1. The second-order valence-electron chi connectivity index (χ2n) is 9.14. The predicted octanol–water partition coefficient (Wildman–Crippen LogP) is 3.86. The monoisotopic (exact) mass is 371 g/mol. The van der Waals surface area contributed by atoms with Crippen molar-refractivity contribution in [2.24, 2.45) is 16.6 Å². The summed E-state index contributed by atoms with van der Waals surface area (Å²) in [5.74, 6) is 1.54. The maximum atomic E-state index is 13.0. The molecule has 148 valence electrons. The summed E-state index contributed by atoms with van der Waals surface area (Å²) in [7, 11) is 1.70. The van der Waals surface area contributed by atoms with Crippen LogP contribution in [0.3, 0.4) is 0 Å². The molecule has 1 aliphatic carbocycles. The van der Waals surface area contributed by atoms with E-state index in [0.717, 1.165) is 25.0 Å². The number of carbonyl (C=O) groups is 1. The zero-order valence-corrected chi connectivity index (χ0v) is 17.1. The second-order valence-corrected chi connectivity index (χ2v) is 9.14. The van der Waals surface area contributed by atoms with E-state index in [1.54, 1.807) is 7.05 Å². The fourth-order valence-corrected chi connectivity index (χ4v) is 4.17. The van der Waals surface area contributed by atoms with Crippen LogP contribution in [0, 0.1) is 5.92 Å². The smallest absolute Gasteiger partial charge is 0.260 e. The van der Waals surface area contributed by atoms with Gasteiger partial charge in [-0.1, -0.05) is 65.0 Å². The van der Waals surface area contributed by atoms with Crippen molar-refractivity contribution >= 4 is 11.9 Å². The topological polar surface area (TPSA) is 67.9 Å². The van der Waals surface area contributed by atoms with Crippen LogP contribution in [-0.2, 0) is 10.2 Å². The van der Waals surface area contributed by atoms with E-state index < -0.39 is 5.54 Å². The number of aliphatic imine (C=N–C) groups is 1. The number of benzene rings is 1. The van der Waals surface area contributed by atoms with Crippen LogP contribution in [0.4, 0.5) is 0 Å². The summed E-state index contributed by atoms with van der Waals surface area (Å²) in [5, 5.41) is 0. The normalized spacial score (nSPS) is 24.2. The first kappa shape index (κ1) is 19.7. The van der Waals surface area contributed by atoms with E-state index in [-0.39, 0.29) is 17.9 Å². The molecular formula is C22H33N3O2. The third-order valence-corrected chi connectivity index (χ3v) is 5.90. The van der Waals surface area contributed by atoms with Crippen LogP contribution in [0.15, 0.2) is 29.3 Å². The number of hydrogen-bond acceptors (Lipinski definition) is 4. The van der Waals surface area contributed by atoms with Crippen LogP contribution in [0.5, 0.6) is 5.75 Å². The summed E-state index contributed by atoms with van der Waals surface area (Å²) in [4.78, 5) is 19.1. The van der Waals surface area contributed by atoms with E-state index in [4.69, 9.17) is 10.5 Å². The highest BCUT2D eigenvalue weighted by atomic mass is 16.5. The van der Waals surface area contributed by atoms with Crippen molar-refractivity contribution < 1.29 is 9.53 Å². The molecule has 1 aromatic rings. The molecule has 2 N–H and O–H groups in total. The van der Waals surface area contributed by atoms with Gasteiger partial charge in [0.1, 0.15) is 12.4 Å². The maximum Gasteiger partial charge on any atom is 0.260 e. The van der Waals surface area contributed by atoms with Gasteiger partial charge in [-0.05, 0) is 35.4 Å². The quantitative estimate of drug-likeness (QED) is 0.854. The number of rotatable bonds is 5. The third-order valence-electron chi connectivity index (χ3n) is 5.90. The number of carbonyl (C=O) groups excluding carboxylic acids is 1. The highest BCUT2D eigenvalue weighted by Gasteiger charge is 2.48. The lowest BCUT2D eigenvalue weighted by Gasteiger charge is -2.31. The minimum absolute atomic E-state index is 0.0439. The molecule has 1 aromatic carbocycles. The number of hydrogen-bond donors (Lipinski definition) is 1. The molecule has 1 amide bonds. The van der Waals surface area contributed by atoms with Crippen LogP contribution in [-0.4, -0.2) is 36.0 Å². The zero-order chi connectivity index (χ0) is 19.7. The van der Waals surface area contributed by atoms with Crippen molar-refractivity contribution in [2.45, 2.75) is 70.3 Å². The number of amides is 1. The molecule has 0 bridgehead atoms. The van der Waals surface area contributed by atoms with E-state index >= 15 is 0 Å². The Morgan fingerprint density at radius 2 is 1.96 bits per heavy atom. The summed E-state index contributed by atoms with van der Waals surface area (Å²) in [5.41, 5.74) is 6.36. The minimum atomic E-state index is -0.890. The van der Waals surface area contributed by atoms with Crippen LogP contribution in [0.25, 0.3) is 0 Å². The van der Waals surface area contributed by atoms with Gasteiger partial charge in [-0.2, -0.15) is 0 Å². The first-order chi connectivity index (χ1) is 12.7. The van der Waals surface area contributed by atoms with E-state index in [1.807, 2.05) is 12.1 Å². The fourth-order valence-electron chi connectivity index (χ4n) is 4.17. The number of guanidine groups is 1. The van der Waals surface area contributed by atoms with Gasteiger partial charge in [0.15, 0.2) is 11.5 Å². The molecule has 0 spiro atoms. The Labute approximate surface area is 163 Å². The molecule has 5 heteroatoms. The lowest BCUT2D eigenvalue weighted by atomic mass is 9.79. The Hall–Kier alpha value is -2.04. The van der Waals surface area contributed by atoms with Gasteiger partial charge in [0.05, 0.1) is 0 Å². The number of likely N-dealkylation sites (N-methyl/N-ethyl adjacent to an activating group) is 1. The van der Waals surface area contributed by atoms with Crippen LogP contribution >= 0.6 is 0 Å². The predicted molar refractivity (Wildman–Crippen MR) is 109 cm³/mol.